The molecule has 1 aliphatic carbocycles. The summed E-state index contributed by atoms with van der Waals surface area (Å²) in [6, 6.07) is 0.101. The number of amides is 1. The fourth-order valence-electron chi connectivity index (χ4n) is 2.47. The highest BCUT2D eigenvalue weighted by molar-refractivity contribution is 7.11. The summed E-state index contributed by atoms with van der Waals surface area (Å²) < 4.78 is 10.5. The van der Waals surface area contributed by atoms with Gasteiger partial charge in [0, 0.05) is 14.2 Å². The van der Waals surface area contributed by atoms with Gasteiger partial charge in [0.1, 0.15) is 4.88 Å². The molecular weight excluding hydrogens is 264 g/mol. The lowest BCUT2D eigenvalue weighted by Gasteiger charge is -2.30. The van der Waals surface area contributed by atoms with Gasteiger partial charge in [-0.2, -0.15) is 0 Å². The van der Waals surface area contributed by atoms with E-state index in [1.165, 1.54) is 17.8 Å². The lowest BCUT2D eigenvalue weighted by atomic mass is 9.92. The van der Waals surface area contributed by atoms with Crippen LogP contribution in [0, 0.1) is 0 Å². The Hall–Kier alpha value is -0.980. The second-order valence-corrected chi connectivity index (χ2v) is 5.55. The van der Waals surface area contributed by atoms with Crippen LogP contribution < -0.4 is 5.32 Å². The number of carbonyl (C=O) groups is 1. The maximum Gasteiger partial charge on any atom is 0.263 e. The van der Waals surface area contributed by atoms with Gasteiger partial charge >= 0.3 is 0 Å². The number of hydrogen-bond donors (Lipinski definition) is 1. The average Bonchev–Trinajstić information content (AvgIpc) is 2.88. The van der Waals surface area contributed by atoms with Gasteiger partial charge in [0.2, 0.25) is 0 Å². The van der Waals surface area contributed by atoms with E-state index in [1.54, 1.807) is 19.7 Å². The van der Waals surface area contributed by atoms with Gasteiger partial charge in [0.25, 0.3) is 5.91 Å². The molecule has 106 valence electrons. The third kappa shape index (κ3) is 3.52. The first-order valence-electron chi connectivity index (χ1n) is 6.51. The number of carbonyl (C=O) groups excluding carboxylic acids is 1. The van der Waals surface area contributed by atoms with Gasteiger partial charge < -0.3 is 14.8 Å². The molecule has 19 heavy (non-hydrogen) atoms. The number of methoxy groups -OCH3 is 2. The number of nitrogens with one attached hydrogen (secondary N) is 1. The maximum absolute atomic E-state index is 12.3. The topological polar surface area (TPSA) is 60.5 Å². The van der Waals surface area contributed by atoms with Gasteiger partial charge in [-0.25, -0.2) is 4.98 Å². The Morgan fingerprint density at radius 2 is 2.26 bits per heavy atom. The van der Waals surface area contributed by atoms with Crippen molar-refractivity contribution in [1.82, 2.24) is 10.3 Å². The summed E-state index contributed by atoms with van der Waals surface area (Å²) in [5, 5.41) is 3.07. The van der Waals surface area contributed by atoms with Gasteiger partial charge in [0.15, 0.2) is 0 Å². The Morgan fingerprint density at radius 3 is 3.00 bits per heavy atom. The summed E-state index contributed by atoms with van der Waals surface area (Å²) in [7, 11) is 3.31. The number of ether oxygens (including phenoxy) is 2. The van der Waals surface area contributed by atoms with E-state index in [0.29, 0.717) is 17.2 Å². The van der Waals surface area contributed by atoms with Crippen molar-refractivity contribution < 1.29 is 14.3 Å². The lowest BCUT2D eigenvalue weighted by Crippen LogP contribution is -2.45. The molecule has 0 unspecified atom stereocenters. The second-order valence-electron chi connectivity index (χ2n) is 4.70. The van der Waals surface area contributed by atoms with Gasteiger partial charge in [-0.1, -0.05) is 12.8 Å². The summed E-state index contributed by atoms with van der Waals surface area (Å²) in [6.07, 6.45) is 4.41. The number of nitrogens with zero attached hydrogens (tertiary/aromatic N) is 1. The SMILES string of the molecule is COCc1ncsc1C(=O)N[C@@H]1CCCC[C@@H]1OC. The summed E-state index contributed by atoms with van der Waals surface area (Å²) in [4.78, 5) is 17.1. The highest BCUT2D eigenvalue weighted by atomic mass is 32.1. The lowest BCUT2D eigenvalue weighted by molar-refractivity contribution is 0.0393. The second kappa shape index (κ2) is 6.98. The van der Waals surface area contributed by atoms with Crippen LogP contribution in [0.15, 0.2) is 5.51 Å². The van der Waals surface area contributed by atoms with E-state index in [-0.39, 0.29) is 18.1 Å². The Morgan fingerprint density at radius 1 is 1.47 bits per heavy atom. The van der Waals surface area contributed by atoms with Crippen LogP contribution in [0.3, 0.4) is 0 Å². The van der Waals surface area contributed by atoms with Crippen LogP contribution in [-0.2, 0) is 16.1 Å². The molecule has 1 heterocycles. The predicted octanol–water partition coefficient (Wildman–Crippen LogP) is 1.98. The quantitative estimate of drug-likeness (QED) is 0.898. The van der Waals surface area contributed by atoms with Crippen molar-refractivity contribution in [2.24, 2.45) is 0 Å². The molecule has 5 nitrogen and oxygen atoms in total. The molecule has 1 aliphatic rings. The van der Waals surface area contributed by atoms with E-state index in [9.17, 15) is 4.79 Å². The van der Waals surface area contributed by atoms with Gasteiger partial charge in [-0.3, -0.25) is 4.79 Å². The predicted molar refractivity (Wildman–Crippen MR) is 73.3 cm³/mol. The van der Waals surface area contributed by atoms with Crippen LogP contribution in [-0.4, -0.2) is 37.3 Å². The van der Waals surface area contributed by atoms with E-state index < -0.39 is 0 Å². The minimum Gasteiger partial charge on any atom is -0.379 e. The van der Waals surface area contributed by atoms with Crippen molar-refractivity contribution in [2.75, 3.05) is 14.2 Å². The molecule has 1 aromatic rings. The molecule has 1 saturated carbocycles. The van der Waals surface area contributed by atoms with Gasteiger partial charge in [-0.05, 0) is 12.8 Å². The molecule has 1 N–H and O–H groups in total. The first kappa shape index (κ1) is 14.4. The third-order valence-electron chi connectivity index (χ3n) is 3.45. The zero-order valence-electron chi connectivity index (χ0n) is 11.3. The van der Waals surface area contributed by atoms with Crippen LogP contribution in [0.25, 0.3) is 0 Å². The van der Waals surface area contributed by atoms with Crippen molar-refractivity contribution in [1.29, 1.82) is 0 Å². The molecule has 0 saturated heterocycles. The molecule has 0 spiro atoms. The zero-order chi connectivity index (χ0) is 13.7. The Balaban J connectivity index is 2.01. The van der Waals surface area contributed by atoms with Crippen LogP contribution in [0.2, 0.25) is 0 Å². The Bertz CT molecular complexity index is 422. The standard InChI is InChI=1S/C13H20N2O3S/c1-17-7-10-12(19-8-14-10)13(16)15-9-5-3-4-6-11(9)18-2/h8-9,11H,3-7H2,1-2H3,(H,15,16)/t9-,11+/m1/s1. The van der Waals surface area contributed by atoms with E-state index in [2.05, 4.69) is 10.3 Å². The van der Waals surface area contributed by atoms with E-state index in [0.717, 1.165) is 19.3 Å². The highest BCUT2D eigenvalue weighted by Crippen LogP contribution is 2.22. The van der Waals surface area contributed by atoms with Crippen molar-refractivity contribution in [2.45, 2.75) is 44.4 Å². The summed E-state index contributed by atoms with van der Waals surface area (Å²) >= 11 is 1.35. The molecule has 0 aromatic carbocycles. The monoisotopic (exact) mass is 284 g/mol. The van der Waals surface area contributed by atoms with Gasteiger partial charge in [-0.15, -0.1) is 11.3 Å². The molecule has 0 radical (unpaired) electrons. The van der Waals surface area contributed by atoms with Crippen LogP contribution in [0.5, 0.6) is 0 Å². The molecule has 2 rings (SSSR count). The first-order chi connectivity index (χ1) is 9.26. The molecule has 1 aromatic heterocycles. The smallest absolute Gasteiger partial charge is 0.263 e. The average molecular weight is 284 g/mol. The largest absolute Gasteiger partial charge is 0.379 e. The summed E-state index contributed by atoms with van der Waals surface area (Å²) in [5.74, 6) is -0.0662. The maximum atomic E-state index is 12.3. The normalized spacial score (nSPS) is 23.3. The van der Waals surface area contributed by atoms with Crippen LogP contribution in [0.1, 0.15) is 41.0 Å². The van der Waals surface area contributed by atoms with Crippen LogP contribution in [0.4, 0.5) is 0 Å². The Labute approximate surface area is 117 Å². The van der Waals surface area contributed by atoms with Crippen molar-refractivity contribution >= 4 is 17.2 Å². The minimum atomic E-state index is -0.0662. The molecule has 2 atom stereocenters. The van der Waals surface area contributed by atoms with Crippen LogP contribution >= 0.6 is 11.3 Å². The van der Waals surface area contributed by atoms with Crippen molar-refractivity contribution in [3.63, 3.8) is 0 Å². The molecule has 0 aliphatic heterocycles. The number of thiazole rings is 1. The number of hydrogen-bond acceptors (Lipinski definition) is 5. The highest BCUT2D eigenvalue weighted by Gasteiger charge is 2.27. The fraction of sp³-hybridized carbons (Fsp3) is 0.692. The fourth-order valence-corrected chi connectivity index (χ4v) is 3.17. The molecule has 0 bridgehead atoms. The molecule has 1 amide bonds. The van der Waals surface area contributed by atoms with Gasteiger partial charge in [0.05, 0.1) is 30.0 Å². The molecule has 6 heteroatoms. The number of rotatable bonds is 5. The molecular formula is C13H20N2O3S. The van der Waals surface area contributed by atoms with E-state index in [4.69, 9.17) is 9.47 Å². The van der Waals surface area contributed by atoms with E-state index >= 15 is 0 Å². The molecule has 1 fully saturated rings. The third-order valence-corrected chi connectivity index (χ3v) is 4.32. The Kier molecular flexibility index (Phi) is 5.30. The van der Waals surface area contributed by atoms with Crippen molar-refractivity contribution in [3.8, 4) is 0 Å². The van der Waals surface area contributed by atoms with Crippen molar-refractivity contribution in [3.05, 3.63) is 16.1 Å². The minimum absolute atomic E-state index is 0.0662. The first-order valence-corrected chi connectivity index (χ1v) is 7.39. The summed E-state index contributed by atoms with van der Waals surface area (Å²) in [6.45, 7) is 0.366. The zero-order valence-corrected chi connectivity index (χ0v) is 12.2. The van der Waals surface area contributed by atoms with E-state index in [1.807, 2.05) is 0 Å². The summed E-state index contributed by atoms with van der Waals surface area (Å²) in [5.41, 5.74) is 2.38. The number of aromatic nitrogens is 1.